The molecule has 1 aliphatic rings. The van der Waals surface area contributed by atoms with Crippen LogP contribution in [0.15, 0.2) is 0 Å². The Labute approximate surface area is 97.7 Å². The van der Waals surface area contributed by atoms with E-state index < -0.39 is 27.6 Å². The number of piperidine rings is 1. The van der Waals surface area contributed by atoms with Crippen molar-refractivity contribution in [3.8, 4) is 0 Å². The molecule has 0 aromatic heterocycles. The standard InChI is InChI=1S/C10H19NO4S/c1-10(2,3)15-9(12)11-6-4-5-8(7-11)16(13)14/h8,16H,4-7H2,1-3H3/t8-/m0/s1. The zero-order chi connectivity index (χ0) is 12.3. The smallest absolute Gasteiger partial charge is 0.410 e. The Balaban J connectivity index is 2.57. The summed E-state index contributed by atoms with van der Waals surface area (Å²) in [6.07, 6.45) is 0.930. The number of hydrogen-bond acceptors (Lipinski definition) is 4. The predicted octanol–water partition coefficient (Wildman–Crippen LogP) is 0.997. The number of hydrogen-bond donors (Lipinski definition) is 1. The maximum atomic E-state index is 11.7. The Morgan fingerprint density at radius 3 is 2.50 bits per heavy atom. The number of carbonyl (C=O) groups is 1. The van der Waals surface area contributed by atoms with E-state index in [4.69, 9.17) is 4.74 Å². The highest BCUT2D eigenvalue weighted by atomic mass is 32.2. The predicted molar refractivity (Wildman–Crippen MR) is 61.1 cm³/mol. The van der Waals surface area contributed by atoms with Crippen molar-refractivity contribution in [3.05, 3.63) is 0 Å². The van der Waals surface area contributed by atoms with Crippen LogP contribution in [0.1, 0.15) is 33.6 Å². The van der Waals surface area contributed by atoms with Crippen LogP contribution in [0.5, 0.6) is 0 Å². The van der Waals surface area contributed by atoms with E-state index in [9.17, 15) is 13.2 Å². The largest absolute Gasteiger partial charge is 0.444 e. The van der Waals surface area contributed by atoms with E-state index >= 15 is 0 Å². The number of rotatable bonds is 1. The highest BCUT2D eigenvalue weighted by Gasteiger charge is 2.28. The molecule has 0 aromatic rings. The fraction of sp³-hybridized carbons (Fsp3) is 0.900. The van der Waals surface area contributed by atoms with Crippen LogP contribution in [-0.2, 0) is 15.4 Å². The summed E-state index contributed by atoms with van der Waals surface area (Å²) in [6.45, 7) is 6.21. The van der Waals surface area contributed by atoms with E-state index in [1.54, 1.807) is 20.8 Å². The highest BCUT2D eigenvalue weighted by Crippen LogP contribution is 2.16. The van der Waals surface area contributed by atoms with Gasteiger partial charge in [0.2, 0.25) is 0 Å². The lowest BCUT2D eigenvalue weighted by Crippen LogP contribution is -2.45. The molecule has 1 heterocycles. The SMILES string of the molecule is CC(C)(C)OC(=O)N1CCC[C@H]([SH](=O)=O)C1. The minimum atomic E-state index is -2.45. The summed E-state index contributed by atoms with van der Waals surface area (Å²) >= 11 is 0. The lowest BCUT2D eigenvalue weighted by atomic mass is 10.1. The number of carbonyl (C=O) groups excluding carboxylic acids is 1. The van der Waals surface area contributed by atoms with Gasteiger partial charge in [-0.05, 0) is 33.6 Å². The number of thiol groups is 1. The summed E-state index contributed by atoms with van der Waals surface area (Å²) in [5, 5.41) is -0.420. The first kappa shape index (κ1) is 13.3. The van der Waals surface area contributed by atoms with Gasteiger partial charge in [-0.25, -0.2) is 13.2 Å². The maximum absolute atomic E-state index is 11.7. The quantitative estimate of drug-likeness (QED) is 0.704. The zero-order valence-corrected chi connectivity index (χ0v) is 10.8. The fourth-order valence-corrected chi connectivity index (χ4v) is 2.34. The van der Waals surface area contributed by atoms with Crippen LogP contribution in [-0.4, -0.2) is 43.4 Å². The monoisotopic (exact) mass is 249 g/mol. The van der Waals surface area contributed by atoms with Gasteiger partial charge in [0.05, 0.1) is 5.25 Å². The van der Waals surface area contributed by atoms with Crippen molar-refractivity contribution in [1.29, 1.82) is 0 Å². The van der Waals surface area contributed by atoms with Crippen LogP contribution in [0.25, 0.3) is 0 Å². The second kappa shape index (κ2) is 5.03. The molecule has 0 radical (unpaired) electrons. The van der Waals surface area contributed by atoms with Crippen LogP contribution in [0, 0.1) is 0 Å². The number of ether oxygens (including phenoxy) is 1. The normalized spacial score (nSPS) is 22.2. The zero-order valence-electron chi connectivity index (χ0n) is 9.93. The Morgan fingerprint density at radius 2 is 2.00 bits per heavy atom. The van der Waals surface area contributed by atoms with Crippen molar-refractivity contribution in [2.24, 2.45) is 0 Å². The topological polar surface area (TPSA) is 63.7 Å². The molecule has 1 aliphatic heterocycles. The van der Waals surface area contributed by atoms with Crippen molar-refractivity contribution < 1.29 is 17.9 Å². The molecule has 0 N–H and O–H groups in total. The summed E-state index contributed by atoms with van der Waals surface area (Å²) in [6, 6.07) is 0. The van der Waals surface area contributed by atoms with Gasteiger partial charge in [0.15, 0.2) is 0 Å². The molecular weight excluding hydrogens is 230 g/mol. The molecule has 1 saturated heterocycles. The minimum Gasteiger partial charge on any atom is -0.444 e. The average molecular weight is 249 g/mol. The van der Waals surface area contributed by atoms with E-state index in [1.165, 1.54) is 4.90 Å². The third kappa shape index (κ3) is 4.00. The van der Waals surface area contributed by atoms with Gasteiger partial charge in [0, 0.05) is 13.1 Å². The molecule has 94 valence electrons. The van der Waals surface area contributed by atoms with Crippen molar-refractivity contribution in [2.45, 2.75) is 44.5 Å². The van der Waals surface area contributed by atoms with Gasteiger partial charge in [-0.15, -0.1) is 0 Å². The van der Waals surface area contributed by atoms with Crippen LogP contribution < -0.4 is 0 Å². The second-order valence-electron chi connectivity index (χ2n) is 5.01. The fourth-order valence-electron chi connectivity index (χ4n) is 1.62. The lowest BCUT2D eigenvalue weighted by Gasteiger charge is -2.32. The third-order valence-electron chi connectivity index (χ3n) is 2.35. The Bertz CT molecular complexity index is 324. The van der Waals surface area contributed by atoms with Crippen molar-refractivity contribution in [2.75, 3.05) is 13.1 Å². The number of likely N-dealkylation sites (tertiary alicyclic amines) is 1. The van der Waals surface area contributed by atoms with Gasteiger partial charge < -0.3 is 9.64 Å². The summed E-state index contributed by atoms with van der Waals surface area (Å²) in [5.74, 6) is 0. The van der Waals surface area contributed by atoms with Gasteiger partial charge in [-0.3, -0.25) is 0 Å². The molecule has 0 saturated carbocycles. The van der Waals surface area contributed by atoms with Crippen LogP contribution in [0.2, 0.25) is 0 Å². The molecule has 0 bridgehead atoms. The average Bonchev–Trinajstić information content (AvgIpc) is 2.15. The molecule has 1 atom stereocenters. The number of amides is 1. The van der Waals surface area contributed by atoms with Crippen molar-refractivity contribution >= 4 is 16.8 Å². The van der Waals surface area contributed by atoms with Gasteiger partial charge in [0.25, 0.3) is 0 Å². The summed E-state index contributed by atoms with van der Waals surface area (Å²) < 4.78 is 26.9. The van der Waals surface area contributed by atoms with Crippen molar-refractivity contribution in [1.82, 2.24) is 4.90 Å². The Kier molecular flexibility index (Phi) is 4.18. The van der Waals surface area contributed by atoms with Crippen molar-refractivity contribution in [3.63, 3.8) is 0 Å². The molecule has 0 spiro atoms. The maximum Gasteiger partial charge on any atom is 0.410 e. The van der Waals surface area contributed by atoms with E-state index in [-0.39, 0.29) is 6.54 Å². The molecule has 1 amide bonds. The molecule has 1 rings (SSSR count). The molecule has 0 aliphatic carbocycles. The molecule has 16 heavy (non-hydrogen) atoms. The van der Waals surface area contributed by atoms with Gasteiger partial charge in [0.1, 0.15) is 16.3 Å². The summed E-state index contributed by atoms with van der Waals surface area (Å²) in [4.78, 5) is 13.2. The molecule has 5 nitrogen and oxygen atoms in total. The Morgan fingerprint density at radius 1 is 1.38 bits per heavy atom. The summed E-state index contributed by atoms with van der Waals surface area (Å²) in [7, 11) is -2.45. The van der Waals surface area contributed by atoms with E-state index in [1.807, 2.05) is 0 Å². The molecule has 6 heteroatoms. The first-order valence-corrected chi connectivity index (χ1v) is 6.65. The van der Waals surface area contributed by atoms with Crippen LogP contribution in [0.3, 0.4) is 0 Å². The lowest BCUT2D eigenvalue weighted by molar-refractivity contribution is 0.0219. The minimum absolute atomic E-state index is 0.258. The second-order valence-corrected chi connectivity index (χ2v) is 6.31. The van der Waals surface area contributed by atoms with Crippen LogP contribution >= 0.6 is 0 Å². The van der Waals surface area contributed by atoms with E-state index in [0.717, 1.165) is 0 Å². The molecule has 1 fully saturated rings. The Hall–Kier alpha value is -0.780. The third-order valence-corrected chi connectivity index (χ3v) is 3.36. The van der Waals surface area contributed by atoms with E-state index in [0.29, 0.717) is 19.4 Å². The van der Waals surface area contributed by atoms with E-state index in [2.05, 4.69) is 0 Å². The van der Waals surface area contributed by atoms with Crippen LogP contribution in [0.4, 0.5) is 4.79 Å². The van der Waals surface area contributed by atoms with Gasteiger partial charge in [-0.1, -0.05) is 0 Å². The molecule has 0 aromatic carbocycles. The van der Waals surface area contributed by atoms with Gasteiger partial charge in [-0.2, -0.15) is 0 Å². The molecular formula is C10H19NO4S. The number of nitrogens with zero attached hydrogens (tertiary/aromatic N) is 1. The molecule has 0 unspecified atom stereocenters. The highest BCUT2D eigenvalue weighted by molar-refractivity contribution is 7.73. The first-order valence-electron chi connectivity index (χ1n) is 5.41. The summed E-state index contributed by atoms with van der Waals surface area (Å²) in [5.41, 5.74) is -0.538. The van der Waals surface area contributed by atoms with Gasteiger partial charge >= 0.3 is 6.09 Å². The first-order chi connectivity index (χ1) is 7.29.